The molecule has 0 atom stereocenters. The second kappa shape index (κ2) is 252. The van der Waals surface area contributed by atoms with Crippen LogP contribution >= 0.6 is 0 Å². The Bertz CT molecular complexity index is 162. The molecule has 0 aliphatic heterocycles. The standard InChI is InChI=1S/C10H22O.C8H18O.4C2H6.4C2H4.5CH4/c1-3-5-7-8-10-11-9-6-4-2;1-3-5-7-9-8-6-4-2;8*1-2;;;;;/h3-10H2,1-2H3;3-8H2,1-2H3;4*1-2H3;4*1-2H2;5*1H4. The van der Waals surface area contributed by atoms with Gasteiger partial charge in [-0.05, 0) is 25.7 Å². The van der Waals surface area contributed by atoms with Gasteiger partial charge < -0.3 is 9.47 Å². The second-order valence-electron chi connectivity index (χ2n) is 5.35. The maximum atomic E-state index is 5.42. The van der Waals surface area contributed by atoms with Crippen molar-refractivity contribution in [1.29, 1.82) is 0 Å². The highest BCUT2D eigenvalue weighted by atomic mass is 16.5. The predicted octanol–water partition coefficient (Wildman–Crippen LogP) is 16.5. The first-order chi connectivity index (χ1) is 17.8. The molecule has 0 aromatic rings. The Kier molecular flexibility index (Phi) is 598. The zero-order chi connectivity index (χ0) is 31.3. The lowest BCUT2D eigenvalue weighted by molar-refractivity contribution is 0.127. The van der Waals surface area contributed by atoms with Crippen molar-refractivity contribution in [3.05, 3.63) is 52.6 Å². The highest BCUT2D eigenvalue weighted by molar-refractivity contribution is 4.39. The second-order valence-corrected chi connectivity index (χ2v) is 5.35. The number of hydrogen-bond acceptors (Lipinski definition) is 2. The van der Waals surface area contributed by atoms with Gasteiger partial charge in [0.1, 0.15) is 0 Å². The van der Waals surface area contributed by atoms with Crippen molar-refractivity contribution >= 4 is 0 Å². The molecule has 0 bridgehead atoms. The number of ether oxygens (including phenoxy) is 2. The summed E-state index contributed by atoms with van der Waals surface area (Å²) in [5, 5.41) is 0. The van der Waals surface area contributed by atoms with Crippen molar-refractivity contribution in [2.75, 3.05) is 26.4 Å². The van der Waals surface area contributed by atoms with Crippen LogP contribution in [-0.2, 0) is 9.47 Å². The molecule has 0 rings (SSSR count). The smallest absolute Gasteiger partial charge is 0.0466 e. The molecule has 0 unspecified atom stereocenters. The first-order valence-electron chi connectivity index (χ1n) is 15.0. The van der Waals surface area contributed by atoms with Crippen LogP contribution in [0.3, 0.4) is 0 Å². The molecule has 0 aliphatic carbocycles. The van der Waals surface area contributed by atoms with E-state index in [0.29, 0.717) is 0 Å². The van der Waals surface area contributed by atoms with E-state index in [1.54, 1.807) is 0 Å². The van der Waals surface area contributed by atoms with Gasteiger partial charge in [-0.2, -0.15) is 0 Å². The topological polar surface area (TPSA) is 18.5 Å². The quantitative estimate of drug-likeness (QED) is 0.146. The molecule has 0 saturated carbocycles. The van der Waals surface area contributed by atoms with Gasteiger partial charge >= 0.3 is 0 Å². The zero-order valence-corrected chi connectivity index (χ0v) is 28.4. The van der Waals surface area contributed by atoms with Crippen molar-refractivity contribution in [2.45, 2.75) is 184 Å². The fourth-order valence-electron chi connectivity index (χ4n) is 1.57. The summed E-state index contributed by atoms with van der Waals surface area (Å²) in [5.41, 5.74) is 0. The minimum Gasteiger partial charge on any atom is -0.381 e. The Balaban J connectivity index is -0.0000000158. The van der Waals surface area contributed by atoms with Gasteiger partial charge in [-0.1, -0.05) is 159 Å². The molecule has 41 heavy (non-hydrogen) atoms. The van der Waals surface area contributed by atoms with E-state index in [1.165, 1.54) is 64.2 Å². The monoisotopic (exact) mass is 601 g/mol. The highest BCUT2D eigenvalue weighted by Gasteiger charge is 1.88. The van der Waals surface area contributed by atoms with Gasteiger partial charge in [0.25, 0.3) is 0 Å². The summed E-state index contributed by atoms with van der Waals surface area (Å²) >= 11 is 0. The van der Waals surface area contributed by atoms with Gasteiger partial charge in [0.2, 0.25) is 0 Å². The molecular weight excluding hydrogens is 500 g/mol. The predicted molar refractivity (Wildman–Crippen MR) is 215 cm³/mol. The van der Waals surface area contributed by atoms with Gasteiger partial charge in [-0.3, -0.25) is 0 Å². The molecule has 0 radical (unpaired) electrons. The lowest BCUT2D eigenvalue weighted by atomic mass is 10.2. The molecular formula is C39H100O2. The number of rotatable bonds is 14. The molecule has 2 heteroatoms. The van der Waals surface area contributed by atoms with Crippen LogP contribution in [0.15, 0.2) is 52.6 Å². The summed E-state index contributed by atoms with van der Waals surface area (Å²) in [5.74, 6) is 0. The van der Waals surface area contributed by atoms with E-state index in [1.807, 2.05) is 55.4 Å². The van der Waals surface area contributed by atoms with Gasteiger partial charge in [0.15, 0.2) is 0 Å². The van der Waals surface area contributed by atoms with E-state index in [0.717, 1.165) is 26.4 Å². The molecule has 0 fully saturated rings. The normalized spacial score (nSPS) is 5.95. The van der Waals surface area contributed by atoms with E-state index < -0.39 is 0 Å². The minimum absolute atomic E-state index is 0. The molecule has 0 heterocycles. The first-order valence-corrected chi connectivity index (χ1v) is 15.0. The fourth-order valence-corrected chi connectivity index (χ4v) is 1.57. The Labute approximate surface area is 272 Å². The number of hydrogen-bond donors (Lipinski definition) is 0. The third-order valence-electron chi connectivity index (χ3n) is 3.07. The van der Waals surface area contributed by atoms with Gasteiger partial charge in [-0.25, -0.2) is 0 Å². The zero-order valence-electron chi connectivity index (χ0n) is 28.4. The molecule has 268 valence electrons. The Morgan fingerprint density at radius 3 is 0.634 bits per heavy atom. The first kappa shape index (κ1) is 97.4. The summed E-state index contributed by atoms with van der Waals surface area (Å²) in [6.45, 7) is 52.6. The van der Waals surface area contributed by atoms with Gasteiger partial charge in [-0.15, -0.1) is 52.6 Å². The van der Waals surface area contributed by atoms with Crippen LogP contribution in [0.25, 0.3) is 0 Å². The fraction of sp³-hybridized carbons (Fsp3) is 0.795. The molecule has 0 N–H and O–H groups in total. The summed E-state index contributed by atoms with van der Waals surface area (Å²) in [7, 11) is 0. The van der Waals surface area contributed by atoms with E-state index in [2.05, 4.69) is 80.3 Å². The van der Waals surface area contributed by atoms with Gasteiger partial charge in [0.05, 0.1) is 0 Å². The van der Waals surface area contributed by atoms with Crippen molar-refractivity contribution in [1.82, 2.24) is 0 Å². The maximum Gasteiger partial charge on any atom is 0.0466 e. The van der Waals surface area contributed by atoms with Crippen LogP contribution in [0.4, 0.5) is 0 Å². The number of unbranched alkanes of at least 4 members (excludes halogenated alkanes) is 6. The Morgan fingerprint density at radius 2 is 0.463 bits per heavy atom. The molecule has 0 saturated heterocycles. The van der Waals surface area contributed by atoms with Crippen LogP contribution in [0.1, 0.15) is 184 Å². The van der Waals surface area contributed by atoms with E-state index >= 15 is 0 Å². The van der Waals surface area contributed by atoms with Crippen molar-refractivity contribution in [3.63, 3.8) is 0 Å². The minimum atomic E-state index is 0. The molecule has 2 nitrogen and oxygen atoms in total. The van der Waals surface area contributed by atoms with E-state index in [-0.39, 0.29) is 37.1 Å². The molecule has 0 aromatic carbocycles. The molecule has 0 aliphatic rings. The van der Waals surface area contributed by atoms with Crippen LogP contribution < -0.4 is 0 Å². The van der Waals surface area contributed by atoms with E-state index in [4.69, 9.17) is 9.47 Å². The van der Waals surface area contributed by atoms with Gasteiger partial charge in [0, 0.05) is 26.4 Å². The van der Waals surface area contributed by atoms with Crippen molar-refractivity contribution in [2.24, 2.45) is 0 Å². The maximum absolute atomic E-state index is 5.42. The van der Waals surface area contributed by atoms with Crippen LogP contribution in [0.2, 0.25) is 0 Å². The van der Waals surface area contributed by atoms with E-state index in [9.17, 15) is 0 Å². The third kappa shape index (κ3) is 319. The SMILES string of the molecule is C.C.C.C.C.C=C.C=C.C=C.C=C.CC.CC.CC.CC.CCCCCCOCCCC.CCCCOCCCC. The summed E-state index contributed by atoms with van der Waals surface area (Å²) in [4.78, 5) is 0. The average Bonchev–Trinajstić information content (AvgIpc) is 3.01. The lowest BCUT2D eigenvalue weighted by Gasteiger charge is -2.01. The average molecular weight is 601 g/mol. The summed E-state index contributed by atoms with van der Waals surface area (Å²) in [6, 6.07) is 0. The Hall–Kier alpha value is -1.12. The molecule has 0 amide bonds. The Morgan fingerprint density at radius 1 is 0.293 bits per heavy atom. The van der Waals surface area contributed by atoms with Crippen LogP contribution in [0.5, 0.6) is 0 Å². The lowest BCUT2D eigenvalue weighted by Crippen LogP contribution is -1.96. The van der Waals surface area contributed by atoms with Crippen molar-refractivity contribution < 1.29 is 9.47 Å². The summed E-state index contributed by atoms with van der Waals surface area (Å²) in [6.07, 6.45) is 12.6. The third-order valence-corrected chi connectivity index (χ3v) is 3.07. The molecule has 0 aromatic heterocycles. The van der Waals surface area contributed by atoms with Crippen LogP contribution in [-0.4, -0.2) is 26.4 Å². The largest absolute Gasteiger partial charge is 0.381 e. The molecule has 0 spiro atoms. The van der Waals surface area contributed by atoms with Crippen LogP contribution in [0, 0.1) is 0 Å². The van der Waals surface area contributed by atoms with Crippen molar-refractivity contribution in [3.8, 4) is 0 Å². The summed E-state index contributed by atoms with van der Waals surface area (Å²) < 4.78 is 10.7. The highest BCUT2D eigenvalue weighted by Crippen LogP contribution is 1.99.